The summed E-state index contributed by atoms with van der Waals surface area (Å²) in [5.74, 6) is 0. The fraction of sp³-hybridized carbons (Fsp3) is 1.00. The fourth-order valence-corrected chi connectivity index (χ4v) is 1.06. The molecule has 0 aliphatic heterocycles. The number of likely N-dealkylation sites (N-methyl/N-ethyl adjacent to an activating group) is 1. The zero-order valence-corrected chi connectivity index (χ0v) is 8.52. The molecule has 0 aliphatic rings. The quantitative estimate of drug-likeness (QED) is 0.671. The van der Waals surface area contributed by atoms with E-state index in [1.54, 1.807) is 0 Å². The Morgan fingerprint density at radius 3 is 2.09 bits per heavy atom. The Hall–Kier alpha value is -0.0800. The van der Waals surface area contributed by atoms with Gasteiger partial charge in [-0.2, -0.15) is 0 Å². The summed E-state index contributed by atoms with van der Waals surface area (Å²) in [5.41, 5.74) is 5.82. The summed E-state index contributed by atoms with van der Waals surface area (Å²) in [5, 5.41) is 0. The number of nitrogens with zero attached hydrogens (tertiary/aromatic N) is 1. The largest absolute Gasteiger partial charge is 0.329 e. The molecular weight excluding hydrogens is 136 g/mol. The summed E-state index contributed by atoms with van der Waals surface area (Å²) < 4.78 is 0. The van der Waals surface area contributed by atoms with E-state index in [0.29, 0.717) is 11.5 Å². The van der Waals surface area contributed by atoms with Crippen LogP contribution in [0.4, 0.5) is 0 Å². The Morgan fingerprint density at radius 1 is 1.36 bits per heavy atom. The molecule has 0 aromatic heterocycles. The molecule has 0 amide bonds. The van der Waals surface area contributed by atoms with Gasteiger partial charge in [-0.05, 0) is 19.4 Å². The van der Waals surface area contributed by atoms with Crippen molar-refractivity contribution in [3.8, 4) is 0 Å². The molecule has 68 valence electrons. The van der Waals surface area contributed by atoms with Gasteiger partial charge in [0, 0.05) is 19.1 Å². The average Bonchev–Trinajstić information content (AvgIpc) is 1.85. The Balaban J connectivity index is 3.91. The highest BCUT2D eigenvalue weighted by Crippen LogP contribution is 2.22. The molecule has 0 aromatic carbocycles. The van der Waals surface area contributed by atoms with Crippen LogP contribution in [0.25, 0.3) is 0 Å². The first-order valence-corrected chi connectivity index (χ1v) is 4.30. The van der Waals surface area contributed by atoms with Gasteiger partial charge in [-0.15, -0.1) is 0 Å². The molecule has 2 N–H and O–H groups in total. The van der Waals surface area contributed by atoms with Crippen LogP contribution in [0.2, 0.25) is 0 Å². The van der Waals surface area contributed by atoms with Crippen LogP contribution in [0.1, 0.15) is 27.7 Å². The van der Waals surface area contributed by atoms with Gasteiger partial charge in [0.05, 0.1) is 0 Å². The molecule has 0 saturated carbocycles. The minimum absolute atomic E-state index is 0.351. The van der Waals surface area contributed by atoms with Crippen LogP contribution >= 0.6 is 0 Å². The predicted octanol–water partition coefficient (Wildman–Crippen LogP) is 1.31. The Kier molecular flexibility index (Phi) is 4.04. The van der Waals surface area contributed by atoms with Gasteiger partial charge in [0.1, 0.15) is 0 Å². The Morgan fingerprint density at radius 2 is 1.82 bits per heavy atom. The maximum atomic E-state index is 5.47. The lowest BCUT2D eigenvalue weighted by molar-refractivity contribution is 0.144. The van der Waals surface area contributed by atoms with E-state index in [9.17, 15) is 0 Å². The number of nitrogens with two attached hydrogens (primary N) is 1. The topological polar surface area (TPSA) is 29.3 Å². The summed E-state index contributed by atoms with van der Waals surface area (Å²) >= 11 is 0. The van der Waals surface area contributed by atoms with Crippen molar-refractivity contribution in [2.45, 2.75) is 33.7 Å². The highest BCUT2D eigenvalue weighted by Gasteiger charge is 2.22. The second-order valence-electron chi connectivity index (χ2n) is 4.31. The van der Waals surface area contributed by atoms with Crippen molar-refractivity contribution >= 4 is 0 Å². The Labute approximate surface area is 70.8 Å². The first-order chi connectivity index (χ1) is 4.89. The number of hydrogen-bond acceptors (Lipinski definition) is 2. The summed E-state index contributed by atoms with van der Waals surface area (Å²) in [6, 6.07) is 0.589. The average molecular weight is 158 g/mol. The van der Waals surface area contributed by atoms with Gasteiger partial charge >= 0.3 is 0 Å². The maximum Gasteiger partial charge on any atom is 0.0113 e. The molecule has 0 spiro atoms. The second kappa shape index (κ2) is 4.07. The van der Waals surface area contributed by atoms with E-state index in [1.165, 1.54) is 0 Å². The van der Waals surface area contributed by atoms with Crippen LogP contribution < -0.4 is 5.73 Å². The first kappa shape index (κ1) is 10.9. The van der Waals surface area contributed by atoms with E-state index < -0.39 is 0 Å². The summed E-state index contributed by atoms with van der Waals surface area (Å²) in [4.78, 5) is 2.31. The summed E-state index contributed by atoms with van der Waals surface area (Å²) in [7, 11) is 2.13. The van der Waals surface area contributed by atoms with E-state index in [-0.39, 0.29) is 0 Å². The molecule has 1 atom stereocenters. The van der Waals surface area contributed by atoms with Gasteiger partial charge in [-0.3, -0.25) is 0 Å². The van der Waals surface area contributed by atoms with Crippen molar-refractivity contribution in [1.29, 1.82) is 0 Å². The van der Waals surface area contributed by atoms with Crippen LogP contribution in [-0.2, 0) is 0 Å². The van der Waals surface area contributed by atoms with E-state index >= 15 is 0 Å². The van der Waals surface area contributed by atoms with Crippen LogP contribution in [0.5, 0.6) is 0 Å². The molecule has 0 saturated heterocycles. The first-order valence-electron chi connectivity index (χ1n) is 4.30. The van der Waals surface area contributed by atoms with Gasteiger partial charge in [0.25, 0.3) is 0 Å². The van der Waals surface area contributed by atoms with Crippen molar-refractivity contribution in [3.63, 3.8) is 0 Å². The molecule has 0 fully saturated rings. The normalized spacial score (nSPS) is 15.5. The van der Waals surface area contributed by atoms with E-state index in [0.717, 1.165) is 13.1 Å². The maximum absolute atomic E-state index is 5.47. The molecular formula is C9H22N2. The lowest BCUT2D eigenvalue weighted by Gasteiger charge is -2.35. The van der Waals surface area contributed by atoms with Crippen molar-refractivity contribution in [3.05, 3.63) is 0 Å². The standard InChI is InChI=1S/C9H22N2/c1-8(9(2,3)4)11(5)7-6-10/h8H,6-7,10H2,1-5H3. The predicted molar refractivity (Wildman–Crippen MR) is 50.6 cm³/mol. The molecule has 0 heterocycles. The third kappa shape index (κ3) is 3.73. The zero-order chi connectivity index (χ0) is 9.07. The van der Waals surface area contributed by atoms with E-state index in [1.807, 2.05) is 0 Å². The Bertz CT molecular complexity index is 105. The second-order valence-corrected chi connectivity index (χ2v) is 4.31. The highest BCUT2D eigenvalue weighted by molar-refractivity contribution is 4.77. The minimum Gasteiger partial charge on any atom is -0.329 e. The lowest BCUT2D eigenvalue weighted by atomic mass is 9.87. The van der Waals surface area contributed by atoms with Crippen molar-refractivity contribution in [1.82, 2.24) is 4.90 Å². The van der Waals surface area contributed by atoms with Gasteiger partial charge in [0.2, 0.25) is 0 Å². The molecule has 1 unspecified atom stereocenters. The lowest BCUT2D eigenvalue weighted by Crippen LogP contribution is -2.41. The summed E-state index contributed by atoms with van der Waals surface area (Å²) in [6.07, 6.45) is 0. The van der Waals surface area contributed by atoms with Gasteiger partial charge < -0.3 is 10.6 Å². The van der Waals surface area contributed by atoms with Crippen LogP contribution in [-0.4, -0.2) is 31.1 Å². The minimum atomic E-state index is 0.351. The SMILES string of the molecule is CC(N(C)CCN)C(C)(C)C. The van der Waals surface area contributed by atoms with E-state index in [4.69, 9.17) is 5.73 Å². The smallest absolute Gasteiger partial charge is 0.0113 e. The van der Waals surface area contributed by atoms with Crippen molar-refractivity contribution in [2.24, 2.45) is 11.1 Å². The van der Waals surface area contributed by atoms with Crippen LogP contribution in [0.15, 0.2) is 0 Å². The third-order valence-electron chi connectivity index (χ3n) is 2.40. The van der Waals surface area contributed by atoms with Crippen LogP contribution in [0.3, 0.4) is 0 Å². The van der Waals surface area contributed by atoms with Crippen LogP contribution in [0, 0.1) is 5.41 Å². The molecule has 0 aliphatic carbocycles. The van der Waals surface area contributed by atoms with Gasteiger partial charge in [-0.1, -0.05) is 20.8 Å². The molecule has 0 bridgehead atoms. The molecule has 2 nitrogen and oxygen atoms in total. The van der Waals surface area contributed by atoms with Gasteiger partial charge in [-0.25, -0.2) is 0 Å². The zero-order valence-electron chi connectivity index (χ0n) is 8.52. The monoisotopic (exact) mass is 158 g/mol. The van der Waals surface area contributed by atoms with E-state index in [2.05, 4.69) is 39.6 Å². The molecule has 0 rings (SSSR count). The molecule has 2 heteroatoms. The highest BCUT2D eigenvalue weighted by atomic mass is 15.1. The number of hydrogen-bond donors (Lipinski definition) is 1. The van der Waals surface area contributed by atoms with Crippen molar-refractivity contribution in [2.75, 3.05) is 20.1 Å². The fourth-order valence-electron chi connectivity index (χ4n) is 1.06. The number of rotatable bonds is 3. The third-order valence-corrected chi connectivity index (χ3v) is 2.40. The summed E-state index contributed by atoms with van der Waals surface area (Å²) in [6.45, 7) is 10.7. The van der Waals surface area contributed by atoms with Crippen molar-refractivity contribution < 1.29 is 0 Å². The molecule has 0 aromatic rings. The van der Waals surface area contributed by atoms with Gasteiger partial charge in [0.15, 0.2) is 0 Å². The molecule has 11 heavy (non-hydrogen) atoms. The molecule has 0 radical (unpaired) electrons.